The Kier molecular flexibility index (Phi) is 5.62. The average Bonchev–Trinajstić information content (AvgIpc) is 2.10. The Morgan fingerprint density at radius 3 is 2.20 bits per heavy atom. The van der Waals surface area contributed by atoms with Crippen molar-refractivity contribution in [3.63, 3.8) is 0 Å². The number of aliphatic carboxylic acids is 2. The van der Waals surface area contributed by atoms with E-state index in [1.54, 1.807) is 0 Å². The molecule has 0 aromatic rings. The van der Waals surface area contributed by atoms with E-state index in [4.69, 9.17) is 15.9 Å². The fourth-order valence-corrected chi connectivity index (χ4v) is 0.960. The van der Waals surface area contributed by atoms with Gasteiger partial charge in [0.25, 0.3) is 0 Å². The van der Waals surface area contributed by atoms with Gasteiger partial charge in [0.1, 0.15) is 6.04 Å². The molecule has 4 N–H and O–H groups in total. The molecule has 0 aliphatic rings. The van der Waals surface area contributed by atoms with Crippen LogP contribution in [0, 0.1) is 5.92 Å². The molecular weight excluding hydrogens is 198 g/mol. The van der Waals surface area contributed by atoms with Gasteiger partial charge in [-0.2, -0.15) is 0 Å². The number of carboxylic acid groups (broad SMARTS) is 2. The molecule has 15 heavy (non-hydrogen) atoms. The summed E-state index contributed by atoms with van der Waals surface area (Å²) in [6.45, 7) is 3.90. The van der Waals surface area contributed by atoms with Gasteiger partial charge >= 0.3 is 11.9 Å². The molecule has 0 aliphatic carbocycles. The van der Waals surface area contributed by atoms with Gasteiger partial charge < -0.3 is 15.9 Å². The van der Waals surface area contributed by atoms with Gasteiger partial charge in [0.05, 0.1) is 0 Å². The molecule has 0 rings (SSSR count). The molecule has 0 radical (unpaired) electrons. The first-order chi connectivity index (χ1) is 6.84. The Bertz CT molecular complexity index is 271. The molecule has 0 aromatic carbocycles. The molecule has 0 fully saturated rings. The minimum absolute atomic E-state index is 0.0681. The zero-order valence-corrected chi connectivity index (χ0v) is 8.93. The maximum absolute atomic E-state index is 10.8. The average molecular weight is 215 g/mol. The van der Waals surface area contributed by atoms with Gasteiger partial charge in [0.15, 0.2) is 0 Å². The first-order valence-corrected chi connectivity index (χ1v) is 4.75. The molecule has 1 atom stereocenters. The molecule has 0 bridgehead atoms. The van der Waals surface area contributed by atoms with Gasteiger partial charge in [-0.05, 0) is 12.3 Å². The quantitative estimate of drug-likeness (QED) is 0.570. The molecule has 0 heterocycles. The Hall–Kier alpha value is -1.36. The lowest BCUT2D eigenvalue weighted by Crippen LogP contribution is -2.31. The first kappa shape index (κ1) is 13.6. The minimum atomic E-state index is -1.19. The molecular formula is C10H17NO4. The van der Waals surface area contributed by atoms with Crippen LogP contribution in [0.1, 0.15) is 26.7 Å². The topological polar surface area (TPSA) is 101 Å². The molecule has 0 amide bonds. The molecule has 5 nitrogen and oxygen atoms in total. The van der Waals surface area contributed by atoms with Crippen LogP contribution in [0.2, 0.25) is 0 Å². The Balaban J connectivity index is 4.47. The van der Waals surface area contributed by atoms with Crippen molar-refractivity contribution in [2.45, 2.75) is 32.7 Å². The van der Waals surface area contributed by atoms with Crippen molar-refractivity contribution in [2.24, 2.45) is 11.7 Å². The summed E-state index contributed by atoms with van der Waals surface area (Å²) in [6.07, 6.45) is 2.00. The second-order valence-corrected chi connectivity index (χ2v) is 3.81. The van der Waals surface area contributed by atoms with Crippen LogP contribution < -0.4 is 5.73 Å². The SMILES string of the molecule is CC(C)C/C=C(\C[C@H](N)C(=O)O)C(=O)O. The number of carboxylic acids is 2. The van der Waals surface area contributed by atoms with Gasteiger partial charge in [0, 0.05) is 12.0 Å². The lowest BCUT2D eigenvalue weighted by molar-refractivity contribution is -0.138. The van der Waals surface area contributed by atoms with Crippen molar-refractivity contribution in [2.75, 3.05) is 0 Å². The van der Waals surface area contributed by atoms with Crippen LogP contribution in [0.25, 0.3) is 0 Å². The van der Waals surface area contributed by atoms with Gasteiger partial charge in [0.2, 0.25) is 0 Å². The van der Waals surface area contributed by atoms with E-state index in [9.17, 15) is 9.59 Å². The highest BCUT2D eigenvalue weighted by Crippen LogP contribution is 2.10. The summed E-state index contributed by atoms with van der Waals surface area (Å²) in [7, 11) is 0. The summed E-state index contributed by atoms with van der Waals surface area (Å²) in [5.74, 6) is -1.96. The lowest BCUT2D eigenvalue weighted by atomic mass is 10.0. The zero-order chi connectivity index (χ0) is 12.0. The first-order valence-electron chi connectivity index (χ1n) is 4.75. The van der Waals surface area contributed by atoms with Crippen LogP contribution in [0.3, 0.4) is 0 Å². The fraction of sp³-hybridized carbons (Fsp3) is 0.600. The zero-order valence-electron chi connectivity index (χ0n) is 8.93. The summed E-state index contributed by atoms with van der Waals surface area (Å²) >= 11 is 0. The molecule has 0 unspecified atom stereocenters. The lowest BCUT2D eigenvalue weighted by Gasteiger charge is -2.07. The standard InChI is InChI=1S/C10H17NO4/c1-6(2)3-4-7(9(12)13)5-8(11)10(14)15/h4,6,8H,3,5,11H2,1-2H3,(H,12,13)(H,14,15)/b7-4+/t8-/m0/s1. The summed E-state index contributed by atoms with van der Waals surface area (Å²) in [6, 6.07) is -1.15. The Morgan fingerprint density at radius 1 is 1.33 bits per heavy atom. The van der Waals surface area contributed by atoms with E-state index < -0.39 is 18.0 Å². The highest BCUT2D eigenvalue weighted by atomic mass is 16.4. The third kappa shape index (κ3) is 5.85. The summed E-state index contributed by atoms with van der Waals surface area (Å²) in [4.78, 5) is 21.2. The van der Waals surface area contributed by atoms with Crippen LogP contribution in [0.15, 0.2) is 11.6 Å². The molecule has 0 aromatic heterocycles. The number of hydrogen-bond acceptors (Lipinski definition) is 3. The van der Waals surface area contributed by atoms with Crippen molar-refractivity contribution in [3.05, 3.63) is 11.6 Å². The van der Waals surface area contributed by atoms with Crippen molar-refractivity contribution < 1.29 is 19.8 Å². The van der Waals surface area contributed by atoms with Crippen LogP contribution in [0.4, 0.5) is 0 Å². The van der Waals surface area contributed by atoms with E-state index in [2.05, 4.69) is 0 Å². The number of carbonyl (C=O) groups is 2. The van der Waals surface area contributed by atoms with Crippen LogP contribution >= 0.6 is 0 Å². The van der Waals surface area contributed by atoms with E-state index >= 15 is 0 Å². The normalized spacial score (nSPS) is 14.0. The van der Waals surface area contributed by atoms with E-state index in [1.165, 1.54) is 6.08 Å². The largest absolute Gasteiger partial charge is 0.480 e. The smallest absolute Gasteiger partial charge is 0.331 e. The van der Waals surface area contributed by atoms with E-state index in [0.29, 0.717) is 12.3 Å². The summed E-state index contributed by atoms with van der Waals surface area (Å²) in [5.41, 5.74) is 5.33. The maximum Gasteiger partial charge on any atom is 0.331 e. The molecule has 0 saturated heterocycles. The molecule has 0 saturated carbocycles. The third-order valence-electron chi connectivity index (χ3n) is 1.87. The highest BCUT2D eigenvalue weighted by Gasteiger charge is 2.17. The predicted molar refractivity (Wildman–Crippen MR) is 55.4 cm³/mol. The second kappa shape index (κ2) is 6.19. The van der Waals surface area contributed by atoms with Gasteiger partial charge in [-0.15, -0.1) is 0 Å². The van der Waals surface area contributed by atoms with Gasteiger partial charge in [-0.3, -0.25) is 4.79 Å². The number of hydrogen-bond donors (Lipinski definition) is 3. The van der Waals surface area contributed by atoms with Crippen molar-refractivity contribution >= 4 is 11.9 Å². The number of rotatable bonds is 6. The molecule has 5 heteroatoms. The molecule has 0 spiro atoms. The van der Waals surface area contributed by atoms with Gasteiger partial charge in [-0.1, -0.05) is 19.9 Å². The van der Waals surface area contributed by atoms with Crippen molar-refractivity contribution in [3.8, 4) is 0 Å². The van der Waals surface area contributed by atoms with Crippen LogP contribution in [-0.2, 0) is 9.59 Å². The third-order valence-corrected chi connectivity index (χ3v) is 1.87. The van der Waals surface area contributed by atoms with E-state index in [0.717, 1.165) is 0 Å². The molecule has 86 valence electrons. The second-order valence-electron chi connectivity index (χ2n) is 3.81. The van der Waals surface area contributed by atoms with E-state index in [-0.39, 0.29) is 12.0 Å². The van der Waals surface area contributed by atoms with Crippen molar-refractivity contribution in [1.29, 1.82) is 0 Å². The van der Waals surface area contributed by atoms with Crippen LogP contribution in [0.5, 0.6) is 0 Å². The summed E-state index contributed by atoms with van der Waals surface area (Å²) < 4.78 is 0. The minimum Gasteiger partial charge on any atom is -0.480 e. The maximum atomic E-state index is 10.8. The monoisotopic (exact) mass is 215 g/mol. The van der Waals surface area contributed by atoms with Crippen molar-refractivity contribution in [1.82, 2.24) is 0 Å². The molecule has 0 aliphatic heterocycles. The Labute approximate surface area is 88.6 Å². The van der Waals surface area contributed by atoms with E-state index in [1.807, 2.05) is 13.8 Å². The fourth-order valence-electron chi connectivity index (χ4n) is 0.960. The predicted octanol–water partition coefficient (Wildman–Crippen LogP) is 0.845. The highest BCUT2D eigenvalue weighted by molar-refractivity contribution is 5.88. The van der Waals surface area contributed by atoms with Gasteiger partial charge in [-0.25, -0.2) is 4.79 Å². The summed E-state index contributed by atoms with van der Waals surface area (Å²) in [5, 5.41) is 17.3. The van der Waals surface area contributed by atoms with Crippen LogP contribution in [-0.4, -0.2) is 28.2 Å². The Morgan fingerprint density at radius 2 is 1.87 bits per heavy atom. The number of nitrogens with two attached hydrogens (primary N) is 1. The number of allylic oxidation sites excluding steroid dienone is 1.